The van der Waals surface area contributed by atoms with Crippen LogP contribution in [0.3, 0.4) is 0 Å². The minimum atomic E-state index is 0.729. The van der Waals surface area contributed by atoms with Gasteiger partial charge in [-0.25, -0.2) is 4.98 Å². The summed E-state index contributed by atoms with van der Waals surface area (Å²) in [6.07, 6.45) is 4.57. The molecule has 0 saturated carbocycles. The van der Waals surface area contributed by atoms with Gasteiger partial charge in [-0.1, -0.05) is 35.9 Å². The van der Waals surface area contributed by atoms with Crippen molar-refractivity contribution in [1.29, 1.82) is 0 Å². The van der Waals surface area contributed by atoms with Crippen molar-refractivity contribution in [3.05, 3.63) is 50.6 Å². The third kappa shape index (κ3) is 4.74. The number of benzene rings is 2. The Hall–Kier alpha value is -1.05. The molecule has 1 aliphatic rings. The third-order valence-electron chi connectivity index (χ3n) is 5.41. The summed E-state index contributed by atoms with van der Waals surface area (Å²) in [5.74, 6) is 1.76. The average Bonchev–Trinajstić information content (AvgIpc) is 3.13. The zero-order valence-corrected chi connectivity index (χ0v) is 19.7. The smallest absolute Gasteiger partial charge is 0.186 e. The Morgan fingerprint density at radius 3 is 2.82 bits per heavy atom. The molecule has 1 fully saturated rings. The topological polar surface area (TPSA) is 25.4 Å². The van der Waals surface area contributed by atoms with Crippen molar-refractivity contribution in [1.82, 2.24) is 4.98 Å². The second-order valence-electron chi connectivity index (χ2n) is 7.29. The minimum absolute atomic E-state index is 0.729. The van der Waals surface area contributed by atoms with Gasteiger partial charge in [0.25, 0.3) is 0 Å². The largest absolute Gasteiger partial charge is 0.492 e. The van der Waals surface area contributed by atoms with Crippen LogP contribution < -0.4 is 9.64 Å². The van der Waals surface area contributed by atoms with Crippen molar-refractivity contribution in [2.24, 2.45) is 5.92 Å². The number of ether oxygens (including phenoxy) is 1. The third-order valence-corrected chi connectivity index (χ3v) is 7.62. The highest BCUT2D eigenvalue weighted by Crippen LogP contribution is 2.33. The van der Waals surface area contributed by atoms with Crippen molar-refractivity contribution in [2.45, 2.75) is 32.6 Å². The van der Waals surface area contributed by atoms with Gasteiger partial charge in [-0.3, -0.25) is 0 Å². The van der Waals surface area contributed by atoms with Crippen molar-refractivity contribution in [3.8, 4) is 5.75 Å². The number of hydrogen-bond donors (Lipinski definition) is 0. The first kappa shape index (κ1) is 20.2. The zero-order chi connectivity index (χ0) is 19.5. The number of rotatable bonds is 6. The van der Waals surface area contributed by atoms with Crippen molar-refractivity contribution >= 4 is 60.9 Å². The summed E-state index contributed by atoms with van der Waals surface area (Å²) in [4.78, 5) is 7.21. The number of anilines is 1. The molecule has 2 aromatic carbocycles. The molecular weight excluding hydrogens is 503 g/mol. The first-order chi connectivity index (χ1) is 13.6. The lowest BCUT2D eigenvalue weighted by molar-refractivity contribution is 0.257. The lowest BCUT2D eigenvalue weighted by Crippen LogP contribution is -2.34. The average molecular weight is 527 g/mol. The molecule has 3 nitrogen and oxygen atoms in total. The number of fused-ring (bicyclic) bond motifs is 1. The quantitative estimate of drug-likeness (QED) is 0.330. The van der Waals surface area contributed by atoms with Gasteiger partial charge in [0.05, 0.1) is 20.4 Å². The second kappa shape index (κ2) is 9.18. The molecule has 0 bridgehead atoms. The summed E-state index contributed by atoms with van der Waals surface area (Å²) in [5.41, 5.74) is 2.38. The molecule has 0 N–H and O–H groups in total. The van der Waals surface area contributed by atoms with Gasteiger partial charge < -0.3 is 9.64 Å². The predicted molar refractivity (Wildman–Crippen MR) is 128 cm³/mol. The summed E-state index contributed by atoms with van der Waals surface area (Å²) in [6, 6.07) is 12.5. The number of nitrogens with zero attached hydrogens (tertiary/aromatic N) is 2. The molecule has 1 aliphatic heterocycles. The molecule has 1 saturated heterocycles. The summed E-state index contributed by atoms with van der Waals surface area (Å²) in [7, 11) is 0. The highest BCUT2D eigenvalue weighted by atomic mass is 127. The summed E-state index contributed by atoms with van der Waals surface area (Å²) < 4.78 is 8.46. The first-order valence-electron chi connectivity index (χ1n) is 9.84. The molecule has 1 aromatic heterocycles. The van der Waals surface area contributed by atoms with E-state index in [0.717, 1.165) is 59.9 Å². The minimum Gasteiger partial charge on any atom is -0.492 e. The molecule has 28 heavy (non-hydrogen) atoms. The monoisotopic (exact) mass is 526 g/mol. The maximum absolute atomic E-state index is 6.11. The van der Waals surface area contributed by atoms with Gasteiger partial charge in [0.1, 0.15) is 5.75 Å². The Morgan fingerprint density at radius 1 is 1.21 bits per heavy atom. The Morgan fingerprint density at radius 2 is 2.04 bits per heavy atom. The van der Waals surface area contributed by atoms with E-state index in [1.54, 1.807) is 11.3 Å². The second-order valence-corrected chi connectivity index (χ2v) is 9.90. The van der Waals surface area contributed by atoms with Gasteiger partial charge >= 0.3 is 0 Å². The fourth-order valence-corrected chi connectivity index (χ4v) is 5.43. The van der Waals surface area contributed by atoms with Crippen LogP contribution in [0.2, 0.25) is 5.02 Å². The number of halogens is 2. The van der Waals surface area contributed by atoms with Crippen LogP contribution in [-0.2, 0) is 6.42 Å². The van der Waals surface area contributed by atoms with Crippen molar-refractivity contribution < 1.29 is 4.74 Å². The summed E-state index contributed by atoms with van der Waals surface area (Å²) in [5, 5.41) is 1.90. The van der Waals surface area contributed by atoms with Gasteiger partial charge in [-0.2, -0.15) is 0 Å². The lowest BCUT2D eigenvalue weighted by Gasteiger charge is -2.31. The van der Waals surface area contributed by atoms with Gasteiger partial charge in [-0.15, -0.1) is 0 Å². The molecule has 3 aromatic rings. The van der Waals surface area contributed by atoms with Gasteiger partial charge in [-0.05, 0) is 90.1 Å². The number of piperidine rings is 1. The summed E-state index contributed by atoms with van der Waals surface area (Å²) >= 11 is 10.2. The van der Waals surface area contributed by atoms with Crippen LogP contribution in [0.5, 0.6) is 5.75 Å². The van der Waals surface area contributed by atoms with E-state index < -0.39 is 0 Å². The molecule has 2 heterocycles. The molecule has 0 radical (unpaired) electrons. The fourth-order valence-electron chi connectivity index (χ4n) is 3.65. The standard InChI is InChI=1S/C22H24ClIN2OS/c1-2-15-3-5-18(24)20(13-15)27-12-9-16-7-10-26(11-8-16)22-25-19-6-4-17(23)14-21(19)28-22/h3-6,13-14,16H,2,7-12H2,1H3. The molecular formula is C22H24ClIN2OS. The van der Waals surface area contributed by atoms with E-state index in [-0.39, 0.29) is 0 Å². The van der Waals surface area contributed by atoms with Gasteiger partial charge in [0.15, 0.2) is 5.13 Å². The van der Waals surface area contributed by atoms with Crippen LogP contribution in [0, 0.1) is 9.49 Å². The van der Waals surface area contributed by atoms with E-state index in [1.807, 2.05) is 18.2 Å². The fraction of sp³-hybridized carbons (Fsp3) is 0.409. The molecule has 4 rings (SSSR count). The van der Waals surface area contributed by atoms with Crippen LogP contribution in [0.15, 0.2) is 36.4 Å². The molecule has 6 heteroatoms. The van der Waals surface area contributed by atoms with E-state index >= 15 is 0 Å². The molecule has 0 atom stereocenters. The van der Waals surface area contributed by atoms with Crippen molar-refractivity contribution in [2.75, 3.05) is 24.6 Å². The van der Waals surface area contributed by atoms with E-state index in [9.17, 15) is 0 Å². The summed E-state index contributed by atoms with van der Waals surface area (Å²) in [6.45, 7) is 5.12. The molecule has 0 spiro atoms. The van der Waals surface area contributed by atoms with Crippen LogP contribution >= 0.6 is 45.5 Å². The molecule has 148 valence electrons. The lowest BCUT2D eigenvalue weighted by atomic mass is 9.94. The van der Waals surface area contributed by atoms with Crippen molar-refractivity contribution in [3.63, 3.8) is 0 Å². The van der Waals surface area contributed by atoms with Crippen LogP contribution in [0.25, 0.3) is 10.2 Å². The molecule has 0 amide bonds. The SMILES string of the molecule is CCc1ccc(I)c(OCCC2CCN(c3nc4ccc(Cl)cc4s3)CC2)c1. The number of hydrogen-bond acceptors (Lipinski definition) is 4. The van der Waals surface area contributed by atoms with Gasteiger partial charge in [0.2, 0.25) is 0 Å². The molecule has 0 unspecified atom stereocenters. The van der Waals surface area contributed by atoms with E-state index in [2.05, 4.69) is 52.6 Å². The highest BCUT2D eigenvalue weighted by molar-refractivity contribution is 14.1. The Labute approximate surface area is 189 Å². The Kier molecular flexibility index (Phi) is 6.63. The Balaban J connectivity index is 1.28. The van der Waals surface area contributed by atoms with Gasteiger partial charge in [0, 0.05) is 18.1 Å². The normalized spacial score (nSPS) is 15.3. The Bertz CT molecular complexity index is 953. The number of aryl methyl sites for hydroxylation is 1. The maximum Gasteiger partial charge on any atom is 0.186 e. The zero-order valence-electron chi connectivity index (χ0n) is 16.0. The molecule has 0 aliphatic carbocycles. The van der Waals surface area contributed by atoms with Crippen LogP contribution in [-0.4, -0.2) is 24.7 Å². The maximum atomic E-state index is 6.11. The van der Waals surface area contributed by atoms with E-state index in [4.69, 9.17) is 21.3 Å². The van der Waals surface area contributed by atoms with Crippen LogP contribution in [0.1, 0.15) is 31.7 Å². The first-order valence-corrected chi connectivity index (χ1v) is 12.1. The number of aromatic nitrogens is 1. The number of thiazole rings is 1. The van der Waals surface area contributed by atoms with E-state index in [1.165, 1.54) is 26.7 Å². The van der Waals surface area contributed by atoms with E-state index in [0.29, 0.717) is 0 Å². The van der Waals surface area contributed by atoms with Crippen LogP contribution in [0.4, 0.5) is 5.13 Å². The predicted octanol–water partition coefficient (Wildman–Crippen LogP) is 6.80. The highest BCUT2D eigenvalue weighted by Gasteiger charge is 2.21.